The molecular formula is C12H17N3O3S. The fourth-order valence-corrected chi connectivity index (χ4v) is 2.97. The van der Waals surface area contributed by atoms with E-state index in [1.807, 2.05) is 6.92 Å². The molecule has 1 unspecified atom stereocenters. The molecule has 6 nitrogen and oxygen atoms in total. The van der Waals surface area contributed by atoms with Crippen LogP contribution in [0.4, 0.5) is 0 Å². The molecule has 2 aromatic heterocycles. The van der Waals surface area contributed by atoms with E-state index in [-0.39, 0.29) is 11.4 Å². The van der Waals surface area contributed by atoms with Gasteiger partial charge in [-0.2, -0.15) is 0 Å². The van der Waals surface area contributed by atoms with Gasteiger partial charge >= 0.3 is 0 Å². The van der Waals surface area contributed by atoms with E-state index in [4.69, 9.17) is 10.2 Å². The summed E-state index contributed by atoms with van der Waals surface area (Å²) in [6, 6.07) is 4.63. The van der Waals surface area contributed by atoms with Crippen molar-refractivity contribution < 1.29 is 12.8 Å². The predicted octanol–water partition coefficient (Wildman–Crippen LogP) is 1.41. The van der Waals surface area contributed by atoms with Gasteiger partial charge in [-0.05, 0) is 32.0 Å². The minimum Gasteiger partial charge on any atom is -0.465 e. The Morgan fingerprint density at radius 3 is 2.74 bits per heavy atom. The molecule has 0 amide bonds. The van der Waals surface area contributed by atoms with Gasteiger partial charge in [-0.1, -0.05) is 0 Å². The zero-order chi connectivity index (χ0) is 14.0. The number of aromatic nitrogens is 1. The average molecular weight is 283 g/mol. The molecule has 2 heterocycles. The lowest BCUT2D eigenvalue weighted by Gasteiger charge is -2.10. The lowest BCUT2D eigenvalue weighted by molar-refractivity contribution is 0.441. The molecule has 0 saturated heterocycles. The monoisotopic (exact) mass is 283 g/mol. The molecule has 0 spiro atoms. The fraction of sp³-hybridized carbons (Fsp3) is 0.333. The number of hydrogen-bond donors (Lipinski definition) is 3. The Bertz CT molecular complexity index is 657. The van der Waals surface area contributed by atoms with Crippen LogP contribution in [-0.2, 0) is 16.6 Å². The van der Waals surface area contributed by atoms with Gasteiger partial charge in [0.2, 0.25) is 10.0 Å². The van der Waals surface area contributed by atoms with E-state index in [1.165, 1.54) is 12.3 Å². The number of rotatable bonds is 5. The Labute approximate surface area is 112 Å². The van der Waals surface area contributed by atoms with Crippen molar-refractivity contribution >= 4 is 10.0 Å². The molecule has 0 bridgehead atoms. The van der Waals surface area contributed by atoms with Crippen LogP contribution in [0.5, 0.6) is 0 Å². The minimum atomic E-state index is -3.58. The van der Waals surface area contributed by atoms with E-state index >= 15 is 0 Å². The van der Waals surface area contributed by atoms with Crippen molar-refractivity contribution in [3.05, 3.63) is 41.6 Å². The molecule has 0 aliphatic carbocycles. The van der Waals surface area contributed by atoms with Crippen molar-refractivity contribution in [3.63, 3.8) is 0 Å². The van der Waals surface area contributed by atoms with Crippen molar-refractivity contribution in [1.82, 2.24) is 9.71 Å². The van der Waals surface area contributed by atoms with Crippen molar-refractivity contribution in [2.45, 2.75) is 31.3 Å². The van der Waals surface area contributed by atoms with E-state index in [2.05, 4.69) is 9.71 Å². The third-order valence-electron chi connectivity index (χ3n) is 2.77. The van der Waals surface area contributed by atoms with E-state index in [1.54, 1.807) is 19.1 Å². The third kappa shape index (κ3) is 3.06. The molecular weight excluding hydrogens is 266 g/mol. The summed E-state index contributed by atoms with van der Waals surface area (Å²) in [4.78, 5) is 2.98. The molecule has 7 heteroatoms. The standard InChI is InChI=1S/C12H17N3O3S/c1-8-3-4-12(18-8)9(2)15-19(16,17)11-5-10(6-13)14-7-11/h3-5,7,9,14-15H,6,13H2,1-2H3. The molecule has 2 aromatic rings. The molecule has 19 heavy (non-hydrogen) atoms. The second-order valence-electron chi connectivity index (χ2n) is 4.36. The Morgan fingerprint density at radius 1 is 1.47 bits per heavy atom. The zero-order valence-corrected chi connectivity index (χ0v) is 11.6. The summed E-state index contributed by atoms with van der Waals surface area (Å²) < 4.78 is 32.2. The first-order valence-corrected chi connectivity index (χ1v) is 7.36. The zero-order valence-electron chi connectivity index (χ0n) is 10.8. The topological polar surface area (TPSA) is 101 Å². The van der Waals surface area contributed by atoms with E-state index in [0.29, 0.717) is 11.5 Å². The van der Waals surface area contributed by atoms with Gasteiger partial charge in [-0.15, -0.1) is 0 Å². The first-order chi connectivity index (χ1) is 8.92. The number of hydrogen-bond acceptors (Lipinski definition) is 4. The summed E-state index contributed by atoms with van der Waals surface area (Å²) in [6.07, 6.45) is 1.42. The van der Waals surface area contributed by atoms with Gasteiger partial charge < -0.3 is 15.1 Å². The van der Waals surface area contributed by atoms with Crippen molar-refractivity contribution in [3.8, 4) is 0 Å². The van der Waals surface area contributed by atoms with Crippen LogP contribution in [0.1, 0.15) is 30.2 Å². The van der Waals surface area contributed by atoms with Gasteiger partial charge in [0.25, 0.3) is 0 Å². The van der Waals surface area contributed by atoms with Crippen LogP contribution in [0.15, 0.2) is 33.7 Å². The molecule has 0 aromatic carbocycles. The highest BCUT2D eigenvalue weighted by Crippen LogP contribution is 2.19. The first kappa shape index (κ1) is 13.9. The van der Waals surface area contributed by atoms with E-state index in [9.17, 15) is 8.42 Å². The van der Waals surface area contributed by atoms with E-state index in [0.717, 1.165) is 5.76 Å². The third-order valence-corrected chi connectivity index (χ3v) is 4.29. The van der Waals surface area contributed by atoms with Crippen LogP contribution < -0.4 is 10.5 Å². The Kier molecular flexibility index (Phi) is 3.79. The van der Waals surface area contributed by atoms with Gasteiger partial charge in [0.1, 0.15) is 11.5 Å². The number of aryl methyl sites for hydroxylation is 1. The first-order valence-electron chi connectivity index (χ1n) is 5.88. The number of H-pyrrole nitrogens is 1. The van der Waals surface area contributed by atoms with E-state index < -0.39 is 16.1 Å². The van der Waals surface area contributed by atoms with Crippen LogP contribution in [0.3, 0.4) is 0 Å². The molecule has 4 N–H and O–H groups in total. The molecule has 0 radical (unpaired) electrons. The summed E-state index contributed by atoms with van der Waals surface area (Å²) in [5.74, 6) is 1.32. The summed E-state index contributed by atoms with van der Waals surface area (Å²) in [5, 5.41) is 0. The van der Waals surface area contributed by atoms with Crippen LogP contribution in [0.2, 0.25) is 0 Å². The summed E-state index contributed by atoms with van der Waals surface area (Å²) >= 11 is 0. The van der Waals surface area contributed by atoms with Crippen LogP contribution in [-0.4, -0.2) is 13.4 Å². The number of aromatic amines is 1. The number of furan rings is 1. The summed E-state index contributed by atoms with van der Waals surface area (Å²) in [5.41, 5.74) is 6.11. The molecule has 0 aliphatic heterocycles. The molecule has 1 atom stereocenters. The normalized spacial score (nSPS) is 13.6. The number of nitrogens with two attached hydrogens (primary N) is 1. The predicted molar refractivity (Wildman–Crippen MR) is 70.9 cm³/mol. The van der Waals surface area contributed by atoms with Gasteiger partial charge in [-0.25, -0.2) is 13.1 Å². The highest BCUT2D eigenvalue weighted by Gasteiger charge is 2.21. The highest BCUT2D eigenvalue weighted by atomic mass is 32.2. The van der Waals surface area contributed by atoms with Crippen molar-refractivity contribution in [2.24, 2.45) is 5.73 Å². The molecule has 104 valence electrons. The lowest BCUT2D eigenvalue weighted by Crippen LogP contribution is -2.26. The van der Waals surface area contributed by atoms with Crippen molar-refractivity contribution in [1.29, 1.82) is 0 Å². The Hall–Kier alpha value is -1.57. The largest absolute Gasteiger partial charge is 0.465 e. The van der Waals surface area contributed by atoms with Gasteiger partial charge in [-0.3, -0.25) is 0 Å². The highest BCUT2D eigenvalue weighted by molar-refractivity contribution is 7.89. The molecule has 0 aliphatic rings. The maximum absolute atomic E-state index is 12.1. The maximum atomic E-state index is 12.1. The molecule has 0 saturated carbocycles. The SMILES string of the molecule is Cc1ccc(C(C)NS(=O)(=O)c2c[nH]c(CN)c2)o1. The van der Waals surface area contributed by atoms with Gasteiger partial charge in [0.05, 0.1) is 10.9 Å². The summed E-state index contributed by atoms with van der Waals surface area (Å²) in [7, 11) is -3.58. The minimum absolute atomic E-state index is 0.170. The Morgan fingerprint density at radius 2 is 2.21 bits per heavy atom. The van der Waals surface area contributed by atoms with Gasteiger partial charge in [0, 0.05) is 18.4 Å². The second kappa shape index (κ2) is 5.20. The maximum Gasteiger partial charge on any atom is 0.242 e. The summed E-state index contributed by atoms with van der Waals surface area (Å²) in [6.45, 7) is 3.80. The Balaban J connectivity index is 2.17. The smallest absolute Gasteiger partial charge is 0.242 e. The van der Waals surface area contributed by atoms with Gasteiger partial charge in [0.15, 0.2) is 0 Å². The van der Waals surface area contributed by atoms with Crippen LogP contribution >= 0.6 is 0 Å². The lowest BCUT2D eigenvalue weighted by atomic mass is 10.3. The average Bonchev–Trinajstić information content (AvgIpc) is 2.96. The number of sulfonamides is 1. The van der Waals surface area contributed by atoms with Crippen molar-refractivity contribution in [2.75, 3.05) is 0 Å². The molecule has 2 rings (SSSR count). The second-order valence-corrected chi connectivity index (χ2v) is 6.07. The fourth-order valence-electron chi connectivity index (χ4n) is 1.74. The number of nitrogens with one attached hydrogen (secondary N) is 2. The quantitative estimate of drug-likeness (QED) is 0.772. The van der Waals surface area contributed by atoms with Crippen LogP contribution in [0.25, 0.3) is 0 Å². The molecule has 0 fully saturated rings. The van der Waals surface area contributed by atoms with Crippen LogP contribution in [0, 0.1) is 6.92 Å².